The second-order valence-corrected chi connectivity index (χ2v) is 5.22. The van der Waals surface area contributed by atoms with Crippen LogP contribution >= 0.6 is 0 Å². The van der Waals surface area contributed by atoms with E-state index in [1.807, 2.05) is 6.07 Å². The summed E-state index contributed by atoms with van der Waals surface area (Å²) in [6.45, 7) is 0. The van der Waals surface area contributed by atoms with Gasteiger partial charge < -0.3 is 9.47 Å². The topological polar surface area (TPSA) is 113 Å². The number of rotatable bonds is 5. The summed E-state index contributed by atoms with van der Waals surface area (Å²) in [5.74, 6) is 1.41. The van der Waals surface area contributed by atoms with Crippen LogP contribution in [-0.2, 0) is 0 Å². The zero-order valence-electron chi connectivity index (χ0n) is 14.1. The normalized spacial score (nSPS) is 10.0. The molecule has 0 bridgehead atoms. The predicted molar refractivity (Wildman–Crippen MR) is 94.0 cm³/mol. The van der Waals surface area contributed by atoms with E-state index in [0.29, 0.717) is 28.5 Å². The van der Waals surface area contributed by atoms with E-state index in [9.17, 15) is 4.79 Å². The molecule has 2 N–H and O–H groups in total. The van der Waals surface area contributed by atoms with Crippen LogP contribution in [0.2, 0.25) is 0 Å². The van der Waals surface area contributed by atoms with E-state index in [1.54, 1.807) is 56.7 Å². The Balaban J connectivity index is 1.77. The molecule has 1 amide bonds. The summed E-state index contributed by atoms with van der Waals surface area (Å²) < 4.78 is 10.5. The summed E-state index contributed by atoms with van der Waals surface area (Å²) in [6.07, 6.45) is 0. The van der Waals surface area contributed by atoms with Gasteiger partial charge in [0.2, 0.25) is 5.95 Å². The number of amides is 1. The molecule has 0 aliphatic rings. The lowest BCUT2D eigenvalue weighted by Gasteiger charge is -2.07. The highest BCUT2D eigenvalue weighted by atomic mass is 16.5. The quantitative estimate of drug-likeness (QED) is 0.732. The third-order valence-electron chi connectivity index (χ3n) is 3.64. The highest BCUT2D eigenvalue weighted by Gasteiger charge is 2.13. The number of aromatic amines is 1. The van der Waals surface area contributed by atoms with Gasteiger partial charge >= 0.3 is 0 Å². The molecule has 0 saturated carbocycles. The molecule has 8 heteroatoms. The number of carbonyl (C=O) groups excluding carboxylic acids is 1. The van der Waals surface area contributed by atoms with Crippen LogP contribution in [0.5, 0.6) is 11.5 Å². The molecule has 26 heavy (non-hydrogen) atoms. The molecule has 8 nitrogen and oxygen atoms in total. The van der Waals surface area contributed by atoms with Crippen LogP contribution in [0.4, 0.5) is 5.95 Å². The number of hydrogen-bond donors (Lipinski definition) is 2. The lowest BCUT2D eigenvalue weighted by atomic mass is 10.1. The van der Waals surface area contributed by atoms with E-state index < -0.39 is 0 Å². The van der Waals surface area contributed by atoms with Gasteiger partial charge in [0.1, 0.15) is 0 Å². The van der Waals surface area contributed by atoms with Crippen LogP contribution in [0.15, 0.2) is 42.5 Å². The molecule has 0 fully saturated rings. The maximum Gasteiger partial charge on any atom is 0.258 e. The average molecular weight is 349 g/mol. The van der Waals surface area contributed by atoms with E-state index in [4.69, 9.17) is 14.7 Å². The minimum Gasteiger partial charge on any atom is -0.493 e. The first-order valence-electron chi connectivity index (χ1n) is 7.61. The van der Waals surface area contributed by atoms with Gasteiger partial charge in [-0.15, -0.1) is 5.10 Å². The SMILES string of the molecule is COc1ccc(-c2nc(NC(=O)c3ccc(C#N)cc3)n[nH]2)cc1OC. The van der Waals surface area contributed by atoms with Gasteiger partial charge in [0, 0.05) is 11.1 Å². The molecule has 0 aliphatic heterocycles. The summed E-state index contributed by atoms with van der Waals surface area (Å²) >= 11 is 0. The second-order valence-electron chi connectivity index (χ2n) is 5.22. The van der Waals surface area contributed by atoms with Gasteiger partial charge in [0.25, 0.3) is 5.91 Å². The van der Waals surface area contributed by atoms with Gasteiger partial charge in [-0.25, -0.2) is 0 Å². The summed E-state index contributed by atoms with van der Waals surface area (Å²) in [5.41, 5.74) is 1.62. The van der Waals surface area contributed by atoms with E-state index in [2.05, 4.69) is 20.5 Å². The molecule has 0 spiro atoms. The van der Waals surface area contributed by atoms with Gasteiger partial charge in [-0.1, -0.05) is 0 Å². The van der Waals surface area contributed by atoms with Crippen molar-refractivity contribution in [2.45, 2.75) is 0 Å². The number of methoxy groups -OCH3 is 2. The van der Waals surface area contributed by atoms with Crippen LogP contribution in [0.1, 0.15) is 15.9 Å². The first-order valence-corrected chi connectivity index (χ1v) is 7.61. The molecule has 0 unspecified atom stereocenters. The number of anilines is 1. The van der Waals surface area contributed by atoms with Crippen LogP contribution < -0.4 is 14.8 Å². The molecule has 0 aliphatic carbocycles. The number of benzene rings is 2. The van der Waals surface area contributed by atoms with Crippen molar-refractivity contribution in [3.8, 4) is 29.0 Å². The Labute approximate surface area is 149 Å². The Bertz CT molecular complexity index is 973. The fraction of sp³-hybridized carbons (Fsp3) is 0.111. The molecule has 3 rings (SSSR count). The number of nitrogens with zero attached hydrogens (tertiary/aromatic N) is 3. The highest BCUT2D eigenvalue weighted by molar-refractivity contribution is 6.03. The molecule has 0 saturated heterocycles. The van der Waals surface area contributed by atoms with Gasteiger partial charge in [-0.2, -0.15) is 10.2 Å². The van der Waals surface area contributed by atoms with Gasteiger partial charge in [0.05, 0.1) is 25.9 Å². The summed E-state index contributed by atoms with van der Waals surface area (Å²) in [6, 6.07) is 13.6. The molecule has 130 valence electrons. The standard InChI is InChI=1S/C18H15N5O3/c1-25-14-8-7-13(9-15(14)26-2)16-20-18(23-22-16)21-17(24)12-5-3-11(10-19)4-6-12/h3-9H,1-2H3,(H2,20,21,22,23,24). The third kappa shape index (κ3) is 3.47. The zero-order chi connectivity index (χ0) is 18.5. The van der Waals surface area contributed by atoms with E-state index >= 15 is 0 Å². The van der Waals surface area contributed by atoms with Crippen LogP contribution in [0.3, 0.4) is 0 Å². The molecule has 0 radical (unpaired) electrons. The first kappa shape index (κ1) is 17.0. The Hall–Kier alpha value is -3.86. The number of hydrogen-bond acceptors (Lipinski definition) is 6. The number of ether oxygens (including phenoxy) is 2. The second kappa shape index (κ2) is 7.36. The van der Waals surface area contributed by atoms with Crippen molar-refractivity contribution in [1.29, 1.82) is 5.26 Å². The Kier molecular flexibility index (Phi) is 4.80. The molecule has 1 heterocycles. The molecule has 1 aromatic heterocycles. The van der Waals surface area contributed by atoms with E-state index in [0.717, 1.165) is 5.56 Å². The number of aromatic nitrogens is 3. The number of H-pyrrole nitrogens is 1. The van der Waals surface area contributed by atoms with Crippen molar-refractivity contribution in [3.05, 3.63) is 53.6 Å². The van der Waals surface area contributed by atoms with Crippen LogP contribution in [-0.4, -0.2) is 35.3 Å². The van der Waals surface area contributed by atoms with Crippen molar-refractivity contribution < 1.29 is 14.3 Å². The molecule has 3 aromatic rings. The van der Waals surface area contributed by atoms with Gasteiger partial charge in [0.15, 0.2) is 17.3 Å². The third-order valence-corrected chi connectivity index (χ3v) is 3.64. The Morgan fingerprint density at radius 3 is 2.50 bits per heavy atom. The molecular weight excluding hydrogens is 334 g/mol. The number of carbonyl (C=O) groups is 1. The van der Waals surface area contributed by atoms with Crippen LogP contribution in [0, 0.1) is 11.3 Å². The average Bonchev–Trinajstić information content (AvgIpc) is 3.15. The van der Waals surface area contributed by atoms with Crippen molar-refractivity contribution >= 4 is 11.9 Å². The fourth-order valence-corrected chi connectivity index (χ4v) is 2.30. The maximum absolute atomic E-state index is 12.2. The van der Waals surface area contributed by atoms with E-state index in [1.165, 1.54) is 0 Å². The highest BCUT2D eigenvalue weighted by Crippen LogP contribution is 2.31. The lowest BCUT2D eigenvalue weighted by molar-refractivity contribution is 0.102. The fourth-order valence-electron chi connectivity index (χ4n) is 2.30. The number of nitriles is 1. The largest absolute Gasteiger partial charge is 0.493 e. The summed E-state index contributed by atoms with van der Waals surface area (Å²) in [5, 5.41) is 18.2. The maximum atomic E-state index is 12.2. The minimum absolute atomic E-state index is 0.143. The van der Waals surface area contributed by atoms with Crippen molar-refractivity contribution in [3.63, 3.8) is 0 Å². The summed E-state index contributed by atoms with van der Waals surface area (Å²) in [4.78, 5) is 16.5. The monoisotopic (exact) mass is 349 g/mol. The Morgan fingerprint density at radius 1 is 1.12 bits per heavy atom. The van der Waals surface area contributed by atoms with Gasteiger partial charge in [-0.3, -0.25) is 15.2 Å². The smallest absolute Gasteiger partial charge is 0.258 e. The molecule has 0 atom stereocenters. The van der Waals surface area contributed by atoms with Crippen LogP contribution in [0.25, 0.3) is 11.4 Å². The Morgan fingerprint density at radius 2 is 1.85 bits per heavy atom. The first-order chi connectivity index (χ1) is 12.6. The van der Waals surface area contributed by atoms with Gasteiger partial charge in [-0.05, 0) is 42.5 Å². The molecular formula is C18H15N5O3. The summed E-state index contributed by atoms with van der Waals surface area (Å²) in [7, 11) is 3.11. The predicted octanol–water partition coefficient (Wildman–Crippen LogP) is 2.61. The van der Waals surface area contributed by atoms with E-state index in [-0.39, 0.29) is 11.9 Å². The lowest BCUT2D eigenvalue weighted by Crippen LogP contribution is -2.12. The minimum atomic E-state index is -0.368. The van der Waals surface area contributed by atoms with Crippen molar-refractivity contribution in [1.82, 2.24) is 15.2 Å². The van der Waals surface area contributed by atoms with Crippen molar-refractivity contribution in [2.24, 2.45) is 0 Å². The molecule has 2 aromatic carbocycles. The zero-order valence-corrected chi connectivity index (χ0v) is 14.1. The number of nitrogens with one attached hydrogen (secondary N) is 2. The van der Waals surface area contributed by atoms with Crippen molar-refractivity contribution in [2.75, 3.05) is 19.5 Å².